The Morgan fingerprint density at radius 2 is 1.10 bits per heavy atom. The minimum Gasteiger partial charge on any atom is -0.512 e. The molecule has 1 aliphatic carbocycles. The molecule has 2 heterocycles. The molecule has 1 radical (unpaired) electrons. The summed E-state index contributed by atoms with van der Waals surface area (Å²) < 4.78 is 2.37. The molecule has 6 heteroatoms. The topological polar surface area (TPSA) is 58.4 Å². The van der Waals surface area contributed by atoms with Gasteiger partial charge in [-0.15, -0.1) is 34.9 Å². The number of pyridine rings is 1. The molecule has 12 aromatic rings. The summed E-state index contributed by atoms with van der Waals surface area (Å²) in [6, 6.07) is 90.8. The molecule has 13 rings (SSSR count). The van der Waals surface area contributed by atoms with E-state index >= 15 is 0 Å². The zero-order chi connectivity index (χ0) is 53.9. The van der Waals surface area contributed by atoms with Crippen LogP contribution in [0.25, 0.3) is 83.0 Å². The van der Waals surface area contributed by atoms with E-state index < -0.39 is 0 Å². The van der Waals surface area contributed by atoms with Crippen molar-refractivity contribution in [1.82, 2.24) is 9.55 Å². The molecule has 0 saturated heterocycles. The van der Waals surface area contributed by atoms with E-state index in [1.54, 1.807) is 0 Å². The van der Waals surface area contributed by atoms with E-state index in [1.807, 2.05) is 18.2 Å². The number of ketones is 1. The molecule has 1 aliphatic rings. The van der Waals surface area contributed by atoms with E-state index in [4.69, 9.17) is 10.1 Å². The third-order valence-electron chi connectivity index (χ3n) is 14.6. The minimum atomic E-state index is -0.125. The smallest absolute Gasteiger partial charge is 0.155 e. The Kier molecular flexibility index (Phi) is 15.5. The number of aromatic nitrogens is 2. The molecule has 0 saturated carbocycles. The molecule has 0 spiro atoms. The summed E-state index contributed by atoms with van der Waals surface area (Å²) in [6.45, 7) is 11.7. The summed E-state index contributed by atoms with van der Waals surface area (Å²) in [4.78, 5) is 17.1. The number of hydrogen-bond acceptors (Lipinski definition) is 4. The molecule has 0 amide bonds. The number of aliphatic hydroxyl groups is 1. The second kappa shape index (κ2) is 23.0. The maximum Gasteiger partial charge on any atom is 0.155 e. The Labute approximate surface area is 477 Å². The van der Waals surface area contributed by atoms with Crippen molar-refractivity contribution >= 4 is 55.6 Å². The first-order valence-corrected chi connectivity index (χ1v) is 26.5. The Balaban J connectivity index is 0.000000224. The van der Waals surface area contributed by atoms with Gasteiger partial charge >= 0.3 is 0 Å². The quantitative estimate of drug-likeness (QED) is 0.0936. The van der Waals surface area contributed by atoms with E-state index in [-0.39, 0.29) is 37.1 Å². The number of fused-ring (bicyclic) bond motifs is 7. The maximum absolute atomic E-state index is 10.0. The van der Waals surface area contributed by atoms with Crippen LogP contribution in [-0.2, 0) is 30.3 Å². The van der Waals surface area contributed by atoms with E-state index in [0.29, 0.717) is 0 Å². The van der Waals surface area contributed by atoms with Crippen molar-refractivity contribution in [2.75, 3.05) is 4.90 Å². The minimum absolute atomic E-state index is 0. The van der Waals surface area contributed by atoms with Crippen molar-refractivity contribution in [1.29, 1.82) is 0 Å². The third-order valence-corrected chi connectivity index (χ3v) is 14.6. The van der Waals surface area contributed by atoms with Gasteiger partial charge in [0.05, 0.1) is 22.3 Å². The Morgan fingerprint density at radius 3 is 1.78 bits per heavy atom. The van der Waals surface area contributed by atoms with Crippen LogP contribution in [0, 0.1) is 19.9 Å². The Bertz CT molecular complexity index is 4160. The van der Waals surface area contributed by atoms with Crippen LogP contribution in [0.15, 0.2) is 254 Å². The van der Waals surface area contributed by atoms with Gasteiger partial charge in [-0.05, 0) is 142 Å². The van der Waals surface area contributed by atoms with Gasteiger partial charge in [0.2, 0.25) is 0 Å². The van der Waals surface area contributed by atoms with Gasteiger partial charge in [0, 0.05) is 65.1 Å². The molecule has 0 atom stereocenters. The van der Waals surface area contributed by atoms with Crippen LogP contribution < -0.4 is 4.90 Å². The molecule has 10 aromatic carbocycles. The van der Waals surface area contributed by atoms with Gasteiger partial charge in [0.25, 0.3) is 0 Å². The van der Waals surface area contributed by atoms with E-state index in [2.05, 4.69) is 268 Å². The number of benzene rings is 10. The van der Waals surface area contributed by atoms with E-state index in [1.165, 1.54) is 103 Å². The third kappa shape index (κ3) is 11.1. The molecule has 2 aromatic heterocycles. The Morgan fingerprint density at radius 1 is 0.532 bits per heavy atom. The molecule has 389 valence electrons. The number of para-hydroxylation sites is 3. The molecule has 0 unspecified atom stereocenters. The van der Waals surface area contributed by atoms with Gasteiger partial charge in [-0.3, -0.25) is 9.78 Å². The van der Waals surface area contributed by atoms with Gasteiger partial charge in [0.1, 0.15) is 0 Å². The van der Waals surface area contributed by atoms with Crippen LogP contribution in [0.4, 0.5) is 17.1 Å². The van der Waals surface area contributed by atoms with Gasteiger partial charge in [-0.2, -0.15) is 0 Å². The average Bonchev–Trinajstić information content (AvgIpc) is 4.15. The fourth-order valence-corrected chi connectivity index (χ4v) is 11.1. The van der Waals surface area contributed by atoms with Crippen LogP contribution in [0.3, 0.4) is 0 Å². The summed E-state index contributed by atoms with van der Waals surface area (Å²) >= 11 is 0. The fourth-order valence-electron chi connectivity index (χ4n) is 11.1. The van der Waals surface area contributed by atoms with Crippen LogP contribution in [0.2, 0.25) is 0 Å². The van der Waals surface area contributed by atoms with Crippen LogP contribution >= 0.6 is 0 Å². The number of allylic oxidation sites excluding steroid dienone is 2. The van der Waals surface area contributed by atoms with E-state index in [0.717, 1.165) is 39.4 Å². The van der Waals surface area contributed by atoms with Crippen LogP contribution in [-0.4, -0.2) is 20.4 Å². The normalized spacial score (nSPS) is 12.1. The van der Waals surface area contributed by atoms with Crippen molar-refractivity contribution in [3.05, 3.63) is 283 Å². The fraction of sp³-hybridized carbons (Fsp3) is 0.0959. The van der Waals surface area contributed by atoms with Gasteiger partial charge < -0.3 is 14.6 Å². The zero-order valence-corrected chi connectivity index (χ0v) is 47.6. The van der Waals surface area contributed by atoms with Crippen molar-refractivity contribution < 1.29 is 30.0 Å². The number of carbonyl (C=O) groups is 1. The first-order valence-electron chi connectivity index (χ1n) is 26.5. The summed E-state index contributed by atoms with van der Waals surface area (Å²) in [5.74, 6) is -0.0625. The summed E-state index contributed by atoms with van der Waals surface area (Å²) in [5.41, 5.74) is 22.6. The molecule has 0 fully saturated rings. The van der Waals surface area contributed by atoms with Gasteiger partial charge in [-0.25, -0.2) is 0 Å². The molecule has 5 nitrogen and oxygen atoms in total. The summed E-state index contributed by atoms with van der Waals surface area (Å²) in [7, 11) is 0. The molecule has 79 heavy (non-hydrogen) atoms. The maximum atomic E-state index is 10.0. The Hall–Kier alpha value is -8.93. The number of hydrogen-bond donors (Lipinski definition) is 1. The number of carbonyl (C=O) groups excluding carboxylic acids is 1. The second-order valence-electron chi connectivity index (χ2n) is 20.7. The van der Waals surface area contributed by atoms with Gasteiger partial charge in [0.15, 0.2) is 5.78 Å². The number of aryl methyl sites for hydroxylation is 2. The molecule has 0 aliphatic heterocycles. The van der Waals surface area contributed by atoms with Crippen LogP contribution in [0.5, 0.6) is 0 Å². The molecular formula is C73H60IrN3O2-. The predicted octanol–water partition coefficient (Wildman–Crippen LogP) is 19.2. The standard InChI is InChI=1S/C51H38N2.C17H14N.C5H8O2.Ir/c1-51(2)47-19-11-9-17-43(47)44-31-30-42(34-48(44)51)52(40-26-21-36(22-27-40)35-13-5-3-6-14-35)41-28-23-37(24-29-41)38-25-32-50-46(33-38)45-18-10-12-20-49(45)53(50)39-15-7-4-8-16-39;1-12-9-13(2)11-15(10-12)17-8-7-14-5-3-4-6-16(14)18-17;1-4(6)3-5(2)7;/h3-34H,1-2H3;3-10H,1-2H3;3,6H,1-2H3;/q;-1;;. The molecule has 1 N–H and O–H groups in total. The first-order chi connectivity index (χ1) is 37.9. The average molecular weight is 1200 g/mol. The summed E-state index contributed by atoms with van der Waals surface area (Å²) in [5, 5.41) is 12.1. The van der Waals surface area contributed by atoms with Crippen molar-refractivity contribution in [2.24, 2.45) is 0 Å². The SMILES string of the molecule is CC(=O)C=C(C)O.CC1(C)c2ccccc2-c2ccc(N(c3ccc(-c4ccccc4)cc3)c3ccc(-c4ccc5c(c4)c4ccccc4n5-c4ccccc4)cc3)cc21.Cc1[c-]c(-c2ccc3ccccc3n2)cc(C)c1.[Ir]. The molecule has 0 bridgehead atoms. The van der Waals surface area contributed by atoms with Crippen molar-refractivity contribution in [2.45, 2.75) is 47.0 Å². The monoisotopic (exact) mass is 1200 g/mol. The predicted molar refractivity (Wildman–Crippen MR) is 326 cm³/mol. The second-order valence-corrected chi connectivity index (χ2v) is 20.7. The zero-order valence-electron chi connectivity index (χ0n) is 45.2. The molecular weight excluding hydrogens is 1140 g/mol. The number of aliphatic hydroxyl groups excluding tert-OH is 1. The van der Waals surface area contributed by atoms with Gasteiger partial charge in [-0.1, -0.05) is 185 Å². The number of nitrogens with zero attached hydrogens (tertiary/aromatic N) is 3. The van der Waals surface area contributed by atoms with Crippen LogP contribution in [0.1, 0.15) is 49.9 Å². The van der Waals surface area contributed by atoms with E-state index in [9.17, 15) is 4.79 Å². The largest absolute Gasteiger partial charge is 0.512 e. The first kappa shape index (κ1) is 53.5. The number of anilines is 3. The summed E-state index contributed by atoms with van der Waals surface area (Å²) in [6.07, 6.45) is 1.17. The van der Waals surface area contributed by atoms with Crippen molar-refractivity contribution in [3.8, 4) is 50.3 Å². The van der Waals surface area contributed by atoms with Crippen molar-refractivity contribution in [3.63, 3.8) is 0 Å². The number of rotatable bonds is 8.